The fourth-order valence-electron chi connectivity index (χ4n) is 1.59. The number of halogens is 1. The highest BCUT2D eigenvalue weighted by atomic mass is 32.2. The maximum Gasteiger partial charge on any atom is 0.337 e. The van der Waals surface area contributed by atoms with Crippen LogP contribution in [0.2, 0.25) is 0 Å². The molecule has 0 unspecified atom stereocenters. The summed E-state index contributed by atoms with van der Waals surface area (Å²) in [6.07, 6.45) is 1.20. The second-order valence-corrected chi connectivity index (χ2v) is 5.00. The number of hydrogen-bond donors (Lipinski definition) is 1. The molecule has 0 aliphatic rings. The number of aromatic nitrogens is 1. The zero-order valence-corrected chi connectivity index (χ0v) is 11.3. The SMILES string of the molecule is O=C(O)c1ccc(SCc2cc(F)ccc2[N+](=O)[O-])nc1. The van der Waals surface area contributed by atoms with Gasteiger partial charge in [0.25, 0.3) is 5.69 Å². The van der Waals surface area contributed by atoms with Crippen LogP contribution < -0.4 is 0 Å². The van der Waals surface area contributed by atoms with Gasteiger partial charge in [0.05, 0.1) is 15.5 Å². The molecule has 21 heavy (non-hydrogen) atoms. The van der Waals surface area contributed by atoms with E-state index in [9.17, 15) is 19.3 Å². The van der Waals surface area contributed by atoms with Gasteiger partial charge in [-0.3, -0.25) is 10.1 Å². The number of hydrogen-bond acceptors (Lipinski definition) is 5. The minimum absolute atomic E-state index is 0.0519. The van der Waals surface area contributed by atoms with E-state index in [1.54, 1.807) is 0 Å². The number of aromatic carboxylic acids is 1. The number of thioether (sulfide) groups is 1. The molecule has 0 amide bonds. The normalized spacial score (nSPS) is 10.3. The zero-order valence-electron chi connectivity index (χ0n) is 10.5. The number of nitro benzene ring substituents is 1. The summed E-state index contributed by atoms with van der Waals surface area (Å²) in [5, 5.41) is 20.1. The van der Waals surface area contributed by atoms with Gasteiger partial charge in [-0.1, -0.05) is 0 Å². The molecule has 0 saturated carbocycles. The average molecular weight is 308 g/mol. The lowest BCUT2D eigenvalue weighted by Crippen LogP contribution is -1.97. The quantitative estimate of drug-likeness (QED) is 0.518. The van der Waals surface area contributed by atoms with Crippen LogP contribution in [0.4, 0.5) is 10.1 Å². The first kappa shape index (κ1) is 14.9. The van der Waals surface area contributed by atoms with E-state index in [2.05, 4.69) is 4.98 Å². The van der Waals surface area contributed by atoms with Crippen LogP contribution in [0.1, 0.15) is 15.9 Å². The molecule has 8 heteroatoms. The lowest BCUT2D eigenvalue weighted by atomic mass is 10.2. The topological polar surface area (TPSA) is 93.3 Å². The Bertz CT molecular complexity index is 691. The summed E-state index contributed by atoms with van der Waals surface area (Å²) < 4.78 is 13.2. The summed E-state index contributed by atoms with van der Waals surface area (Å²) in [7, 11) is 0. The van der Waals surface area contributed by atoms with Crippen LogP contribution in [0.15, 0.2) is 41.6 Å². The van der Waals surface area contributed by atoms with Crippen LogP contribution in [-0.4, -0.2) is 21.0 Å². The van der Waals surface area contributed by atoms with Crippen molar-refractivity contribution >= 4 is 23.4 Å². The summed E-state index contributed by atoms with van der Waals surface area (Å²) in [5.74, 6) is -1.47. The molecule has 1 N–H and O–H groups in total. The highest BCUT2D eigenvalue weighted by Gasteiger charge is 2.15. The highest BCUT2D eigenvalue weighted by molar-refractivity contribution is 7.98. The standard InChI is InChI=1S/C13H9FN2O4S/c14-10-2-3-11(16(19)20)9(5-10)7-21-12-4-1-8(6-15-12)13(17)18/h1-6H,7H2,(H,17,18). The number of carboxylic acid groups (broad SMARTS) is 1. The molecular weight excluding hydrogens is 299 g/mol. The average Bonchev–Trinajstić information content (AvgIpc) is 2.45. The number of carbonyl (C=O) groups is 1. The second-order valence-electron chi connectivity index (χ2n) is 4.01. The molecule has 0 radical (unpaired) electrons. The van der Waals surface area contributed by atoms with E-state index < -0.39 is 16.7 Å². The molecule has 0 atom stereocenters. The van der Waals surface area contributed by atoms with Gasteiger partial charge in [0.15, 0.2) is 0 Å². The Morgan fingerprint density at radius 3 is 2.71 bits per heavy atom. The lowest BCUT2D eigenvalue weighted by Gasteiger charge is -2.03. The summed E-state index contributed by atoms with van der Waals surface area (Å²) >= 11 is 1.16. The molecule has 0 fully saturated rings. The fraction of sp³-hybridized carbons (Fsp3) is 0.0769. The van der Waals surface area contributed by atoms with E-state index in [-0.39, 0.29) is 22.6 Å². The Morgan fingerprint density at radius 2 is 2.14 bits per heavy atom. The maximum absolute atomic E-state index is 13.2. The van der Waals surface area contributed by atoms with Gasteiger partial charge in [-0.25, -0.2) is 14.2 Å². The molecule has 0 aliphatic heterocycles. The number of benzene rings is 1. The third kappa shape index (κ3) is 3.76. The van der Waals surface area contributed by atoms with Crippen LogP contribution in [0.25, 0.3) is 0 Å². The minimum atomic E-state index is -1.08. The number of rotatable bonds is 5. The Morgan fingerprint density at radius 1 is 1.38 bits per heavy atom. The van der Waals surface area contributed by atoms with Gasteiger partial charge in [0, 0.05) is 23.6 Å². The predicted molar refractivity (Wildman–Crippen MR) is 73.8 cm³/mol. The molecule has 0 bridgehead atoms. The second kappa shape index (κ2) is 6.31. The third-order valence-corrected chi connectivity index (χ3v) is 3.59. The van der Waals surface area contributed by atoms with Gasteiger partial charge < -0.3 is 5.11 Å². The molecule has 2 aromatic rings. The number of nitro groups is 1. The molecule has 0 aliphatic carbocycles. The molecule has 0 spiro atoms. The molecule has 0 saturated heterocycles. The van der Waals surface area contributed by atoms with Crippen molar-refractivity contribution < 1.29 is 19.2 Å². The van der Waals surface area contributed by atoms with E-state index >= 15 is 0 Å². The van der Waals surface area contributed by atoms with Crippen molar-refractivity contribution in [1.29, 1.82) is 0 Å². The Kier molecular flexibility index (Phi) is 4.49. The first-order valence-corrected chi connectivity index (χ1v) is 6.71. The van der Waals surface area contributed by atoms with Crippen molar-refractivity contribution in [2.75, 3.05) is 0 Å². The molecule has 6 nitrogen and oxygen atoms in total. The van der Waals surface area contributed by atoms with Crippen molar-refractivity contribution in [3.8, 4) is 0 Å². The Labute approximate surface area is 122 Å². The highest BCUT2D eigenvalue weighted by Crippen LogP contribution is 2.27. The fourth-order valence-corrected chi connectivity index (χ4v) is 2.42. The van der Waals surface area contributed by atoms with Crippen molar-refractivity contribution in [2.45, 2.75) is 10.8 Å². The van der Waals surface area contributed by atoms with Crippen molar-refractivity contribution in [2.24, 2.45) is 0 Å². The monoisotopic (exact) mass is 308 g/mol. The predicted octanol–water partition coefficient (Wildman–Crippen LogP) is 3.12. The van der Waals surface area contributed by atoms with Crippen molar-refractivity contribution in [3.05, 3.63) is 63.6 Å². The molecule has 2 rings (SSSR count). The third-order valence-electron chi connectivity index (χ3n) is 2.60. The van der Waals surface area contributed by atoms with Crippen LogP contribution in [0, 0.1) is 15.9 Å². The van der Waals surface area contributed by atoms with E-state index in [4.69, 9.17) is 5.11 Å². The van der Waals surface area contributed by atoms with Gasteiger partial charge in [-0.2, -0.15) is 0 Å². The zero-order chi connectivity index (χ0) is 15.4. The van der Waals surface area contributed by atoms with E-state index in [0.29, 0.717) is 5.03 Å². The molecule has 1 aromatic heterocycles. The van der Waals surface area contributed by atoms with Crippen LogP contribution in [0.5, 0.6) is 0 Å². The summed E-state index contributed by atoms with van der Waals surface area (Å²) in [4.78, 5) is 24.9. The molecule has 1 heterocycles. The summed E-state index contributed by atoms with van der Waals surface area (Å²) in [6.45, 7) is 0. The number of nitrogens with zero attached hydrogens (tertiary/aromatic N) is 2. The number of carboxylic acids is 1. The van der Waals surface area contributed by atoms with Gasteiger partial charge in [-0.05, 0) is 24.3 Å². The van der Waals surface area contributed by atoms with Crippen LogP contribution in [-0.2, 0) is 5.75 Å². The smallest absolute Gasteiger partial charge is 0.337 e. The summed E-state index contributed by atoms with van der Waals surface area (Å²) in [5.41, 5.74) is 0.135. The van der Waals surface area contributed by atoms with Crippen LogP contribution >= 0.6 is 11.8 Å². The Hall–Kier alpha value is -2.48. The Balaban J connectivity index is 2.14. The van der Waals surface area contributed by atoms with Gasteiger partial charge in [0.1, 0.15) is 5.82 Å². The molecule has 108 valence electrons. The molecular formula is C13H9FN2O4S. The first-order chi connectivity index (χ1) is 9.97. The molecule has 1 aromatic carbocycles. The van der Waals surface area contributed by atoms with E-state index in [1.165, 1.54) is 18.3 Å². The van der Waals surface area contributed by atoms with Gasteiger partial charge in [0.2, 0.25) is 0 Å². The van der Waals surface area contributed by atoms with Crippen molar-refractivity contribution in [3.63, 3.8) is 0 Å². The largest absolute Gasteiger partial charge is 0.478 e. The van der Waals surface area contributed by atoms with Crippen molar-refractivity contribution in [1.82, 2.24) is 4.98 Å². The van der Waals surface area contributed by atoms with Crippen LogP contribution in [0.3, 0.4) is 0 Å². The summed E-state index contributed by atoms with van der Waals surface area (Å²) in [6, 6.07) is 6.14. The minimum Gasteiger partial charge on any atom is -0.478 e. The van der Waals surface area contributed by atoms with Gasteiger partial charge >= 0.3 is 5.97 Å². The first-order valence-electron chi connectivity index (χ1n) is 5.72. The van der Waals surface area contributed by atoms with Gasteiger partial charge in [-0.15, -0.1) is 11.8 Å². The van der Waals surface area contributed by atoms with E-state index in [0.717, 1.165) is 30.0 Å². The van der Waals surface area contributed by atoms with E-state index in [1.807, 2.05) is 0 Å². The maximum atomic E-state index is 13.2. The number of pyridine rings is 1. The lowest BCUT2D eigenvalue weighted by molar-refractivity contribution is -0.385.